The number of alkyl carbamates (subject to hydrolysis) is 1. The van der Waals surface area contributed by atoms with Gasteiger partial charge in [-0.1, -0.05) is 19.8 Å². The summed E-state index contributed by atoms with van der Waals surface area (Å²) >= 11 is 4.68. The third-order valence-corrected chi connectivity index (χ3v) is 2.12. The van der Waals surface area contributed by atoms with E-state index >= 15 is 0 Å². The van der Waals surface area contributed by atoms with E-state index < -0.39 is 17.7 Å². The highest BCUT2D eigenvalue weighted by Gasteiger charge is 2.21. The van der Waals surface area contributed by atoms with Gasteiger partial charge in [0.15, 0.2) is 5.05 Å². The Balaban J connectivity index is 4.19. The maximum atomic E-state index is 11.4. The van der Waals surface area contributed by atoms with Gasteiger partial charge in [0.25, 0.3) is 0 Å². The van der Waals surface area contributed by atoms with Crippen molar-refractivity contribution in [2.24, 2.45) is 0 Å². The van der Waals surface area contributed by atoms with E-state index in [4.69, 9.17) is 4.74 Å². The maximum absolute atomic E-state index is 11.4. The molecule has 0 aromatic heterocycles. The lowest BCUT2D eigenvalue weighted by Gasteiger charge is -2.22. The molecule has 94 valence electrons. The molecule has 0 aliphatic heterocycles. The first-order chi connectivity index (χ1) is 7.26. The molecule has 2 N–H and O–H groups in total. The maximum Gasteiger partial charge on any atom is 0.408 e. The number of aliphatic hydroxyl groups is 1. The van der Waals surface area contributed by atoms with Gasteiger partial charge in [-0.3, -0.25) is 0 Å². The number of thiocarbonyl (C=S) groups is 1. The molecule has 0 saturated carbocycles. The van der Waals surface area contributed by atoms with Crippen molar-refractivity contribution in [3.63, 3.8) is 0 Å². The molecule has 1 atom stereocenters. The summed E-state index contributed by atoms with van der Waals surface area (Å²) in [5, 5.41) is 11.6. The minimum Gasteiger partial charge on any atom is -0.500 e. The zero-order valence-electron chi connectivity index (χ0n) is 10.4. The standard InChI is InChI=1S/C11H21NO3S/c1-5-6-7-8(9(13)16)12-10(14)15-11(2,3)4/h8H,5-7H2,1-4H3,(H,12,14)(H,13,16). The first-order valence-corrected chi connectivity index (χ1v) is 5.89. The molecule has 0 aliphatic carbocycles. The number of aliphatic hydroxyl groups excluding tert-OH is 1. The Labute approximate surface area is 102 Å². The average Bonchev–Trinajstić information content (AvgIpc) is 2.08. The third kappa shape index (κ3) is 7.45. The van der Waals surface area contributed by atoms with Gasteiger partial charge in [-0.15, -0.1) is 0 Å². The smallest absolute Gasteiger partial charge is 0.408 e. The van der Waals surface area contributed by atoms with Crippen molar-refractivity contribution < 1.29 is 14.6 Å². The number of amides is 1. The molecule has 16 heavy (non-hydrogen) atoms. The van der Waals surface area contributed by atoms with Gasteiger partial charge in [0.05, 0.1) is 0 Å². The van der Waals surface area contributed by atoms with Crippen molar-refractivity contribution in [2.45, 2.75) is 58.6 Å². The fourth-order valence-corrected chi connectivity index (χ4v) is 1.29. The SMILES string of the molecule is CCCCC(NC(=O)OC(C)(C)C)C(O)=S. The molecule has 5 heteroatoms. The van der Waals surface area contributed by atoms with Crippen LogP contribution in [0.5, 0.6) is 0 Å². The Bertz CT molecular complexity index is 248. The normalized spacial score (nSPS) is 13.0. The predicted molar refractivity (Wildman–Crippen MR) is 67.9 cm³/mol. The van der Waals surface area contributed by atoms with Crippen molar-refractivity contribution in [3.05, 3.63) is 0 Å². The van der Waals surface area contributed by atoms with E-state index in [1.54, 1.807) is 20.8 Å². The minimum atomic E-state index is -0.551. The summed E-state index contributed by atoms with van der Waals surface area (Å²) in [6.07, 6.45) is 1.95. The molecule has 1 unspecified atom stereocenters. The quantitative estimate of drug-likeness (QED) is 0.733. The van der Waals surface area contributed by atoms with Gasteiger partial charge < -0.3 is 15.2 Å². The first kappa shape index (κ1) is 15.2. The molecule has 0 spiro atoms. The van der Waals surface area contributed by atoms with Crippen molar-refractivity contribution in [3.8, 4) is 0 Å². The molecule has 0 bridgehead atoms. The van der Waals surface area contributed by atoms with Crippen LogP contribution >= 0.6 is 12.2 Å². The van der Waals surface area contributed by atoms with Crippen molar-refractivity contribution in [1.29, 1.82) is 0 Å². The molecule has 0 aliphatic rings. The topological polar surface area (TPSA) is 58.6 Å². The summed E-state index contributed by atoms with van der Waals surface area (Å²) in [5.74, 6) is 0. The van der Waals surface area contributed by atoms with Crippen LogP contribution in [0.1, 0.15) is 47.0 Å². The van der Waals surface area contributed by atoms with E-state index in [2.05, 4.69) is 17.5 Å². The molecule has 0 rings (SSSR count). The van der Waals surface area contributed by atoms with Gasteiger partial charge in [0.2, 0.25) is 0 Å². The van der Waals surface area contributed by atoms with Crippen molar-refractivity contribution in [2.75, 3.05) is 0 Å². The number of carbonyl (C=O) groups excluding carboxylic acids is 1. The second-order valence-electron chi connectivity index (χ2n) is 4.68. The molecule has 0 heterocycles. The molecule has 0 aromatic carbocycles. The molecule has 1 amide bonds. The number of nitrogens with one attached hydrogen (secondary N) is 1. The number of rotatable bonds is 5. The van der Waals surface area contributed by atoms with E-state index in [0.29, 0.717) is 6.42 Å². The van der Waals surface area contributed by atoms with Gasteiger partial charge in [-0.2, -0.15) is 0 Å². The second kappa shape index (κ2) is 6.68. The number of unbranched alkanes of at least 4 members (excludes halogenated alkanes) is 1. The van der Waals surface area contributed by atoms with Crippen LogP contribution < -0.4 is 5.32 Å². The van der Waals surface area contributed by atoms with E-state index in [1.165, 1.54) is 0 Å². The van der Waals surface area contributed by atoms with Crippen molar-refractivity contribution >= 4 is 23.4 Å². The number of hydrogen-bond acceptors (Lipinski definition) is 3. The van der Waals surface area contributed by atoms with E-state index in [-0.39, 0.29) is 5.05 Å². The van der Waals surface area contributed by atoms with Gasteiger partial charge in [0.1, 0.15) is 11.6 Å². The Hall–Kier alpha value is -0.840. The highest BCUT2D eigenvalue weighted by atomic mass is 32.1. The number of hydrogen-bond donors (Lipinski definition) is 2. The summed E-state index contributed by atoms with van der Waals surface area (Å²) in [6, 6.07) is -0.496. The van der Waals surface area contributed by atoms with Crippen molar-refractivity contribution in [1.82, 2.24) is 5.32 Å². The lowest BCUT2D eigenvalue weighted by molar-refractivity contribution is 0.0513. The van der Waals surface area contributed by atoms with Crippen LogP contribution in [0, 0.1) is 0 Å². The molecule has 0 fully saturated rings. The van der Waals surface area contributed by atoms with Gasteiger partial charge in [-0.05, 0) is 39.4 Å². The average molecular weight is 247 g/mol. The van der Waals surface area contributed by atoms with Crippen LogP contribution in [0.3, 0.4) is 0 Å². The Morgan fingerprint density at radius 1 is 1.50 bits per heavy atom. The van der Waals surface area contributed by atoms with E-state index in [0.717, 1.165) is 12.8 Å². The van der Waals surface area contributed by atoms with Crippen LogP contribution in [0.4, 0.5) is 4.79 Å². The Morgan fingerprint density at radius 2 is 2.06 bits per heavy atom. The number of carbonyl (C=O) groups is 1. The first-order valence-electron chi connectivity index (χ1n) is 5.48. The molecule has 0 aromatic rings. The zero-order valence-corrected chi connectivity index (χ0v) is 11.2. The number of ether oxygens (including phenoxy) is 1. The Kier molecular flexibility index (Phi) is 6.33. The largest absolute Gasteiger partial charge is 0.500 e. The van der Waals surface area contributed by atoms with Gasteiger partial charge in [-0.25, -0.2) is 4.79 Å². The van der Waals surface area contributed by atoms with Crippen LogP contribution in [-0.2, 0) is 4.74 Å². The third-order valence-electron chi connectivity index (χ3n) is 1.84. The lowest BCUT2D eigenvalue weighted by atomic mass is 10.1. The lowest BCUT2D eigenvalue weighted by Crippen LogP contribution is -2.42. The predicted octanol–water partition coefficient (Wildman–Crippen LogP) is 2.96. The summed E-state index contributed by atoms with van der Waals surface area (Å²) in [4.78, 5) is 11.4. The minimum absolute atomic E-state index is 0.195. The van der Waals surface area contributed by atoms with Gasteiger partial charge >= 0.3 is 6.09 Å². The molecule has 4 nitrogen and oxygen atoms in total. The highest BCUT2D eigenvalue weighted by Crippen LogP contribution is 2.08. The summed E-state index contributed by atoms with van der Waals surface area (Å²) in [6.45, 7) is 7.38. The van der Waals surface area contributed by atoms with Crippen LogP contribution in [0.25, 0.3) is 0 Å². The highest BCUT2D eigenvalue weighted by molar-refractivity contribution is 7.80. The fourth-order valence-electron chi connectivity index (χ4n) is 1.12. The molecule has 0 saturated heterocycles. The van der Waals surface area contributed by atoms with E-state index in [9.17, 15) is 9.90 Å². The fraction of sp³-hybridized carbons (Fsp3) is 0.818. The monoisotopic (exact) mass is 247 g/mol. The molecular formula is C11H21NO3S. The molecular weight excluding hydrogens is 226 g/mol. The summed E-state index contributed by atoms with van der Waals surface area (Å²) in [7, 11) is 0. The van der Waals surface area contributed by atoms with Gasteiger partial charge in [0, 0.05) is 0 Å². The van der Waals surface area contributed by atoms with E-state index in [1.807, 2.05) is 6.92 Å². The second-order valence-corrected chi connectivity index (χ2v) is 5.10. The summed E-state index contributed by atoms with van der Waals surface area (Å²) in [5.41, 5.74) is -0.545. The van der Waals surface area contributed by atoms with Crippen LogP contribution in [0.2, 0.25) is 0 Å². The molecule has 0 radical (unpaired) electrons. The van der Waals surface area contributed by atoms with Crippen LogP contribution in [-0.4, -0.2) is 27.9 Å². The van der Waals surface area contributed by atoms with Crippen LogP contribution in [0.15, 0.2) is 0 Å². The Morgan fingerprint density at radius 3 is 2.44 bits per heavy atom. The zero-order chi connectivity index (χ0) is 12.8. The summed E-state index contributed by atoms with van der Waals surface area (Å²) < 4.78 is 5.08.